The van der Waals surface area contributed by atoms with Crippen LogP contribution in [0.3, 0.4) is 0 Å². The first-order chi connectivity index (χ1) is 12.4. The fourth-order valence-electron chi connectivity index (χ4n) is 2.74. The highest BCUT2D eigenvalue weighted by Crippen LogP contribution is 2.22. The molecule has 0 aliphatic heterocycles. The Morgan fingerprint density at radius 1 is 1.19 bits per heavy atom. The van der Waals surface area contributed by atoms with E-state index >= 15 is 0 Å². The fraction of sp³-hybridized carbons (Fsp3) is 0.450. The molecule has 0 aliphatic rings. The third kappa shape index (κ3) is 5.52. The minimum absolute atomic E-state index is 0.212. The maximum absolute atomic E-state index is 12.7. The highest BCUT2D eigenvalue weighted by atomic mass is 16.1. The number of nitrogens with zero attached hydrogens (tertiary/aromatic N) is 3. The zero-order valence-corrected chi connectivity index (χ0v) is 16.4. The molecule has 0 spiro atoms. The summed E-state index contributed by atoms with van der Waals surface area (Å²) < 4.78 is 0. The number of aryl methyl sites for hydroxylation is 3. The van der Waals surface area contributed by atoms with Crippen molar-refractivity contribution < 1.29 is 4.79 Å². The van der Waals surface area contributed by atoms with E-state index < -0.39 is 0 Å². The van der Waals surface area contributed by atoms with Gasteiger partial charge >= 0.3 is 0 Å². The zero-order valence-electron chi connectivity index (χ0n) is 16.4. The predicted octanol–water partition coefficient (Wildman–Crippen LogP) is 3.27. The van der Waals surface area contributed by atoms with E-state index in [1.165, 1.54) is 0 Å². The van der Waals surface area contributed by atoms with Crippen LogP contribution < -0.4 is 10.6 Å². The summed E-state index contributed by atoms with van der Waals surface area (Å²) in [5, 5.41) is 6.22. The van der Waals surface area contributed by atoms with Gasteiger partial charge in [-0.1, -0.05) is 25.1 Å². The summed E-state index contributed by atoms with van der Waals surface area (Å²) in [6.45, 7) is 7.70. The molecule has 0 bridgehead atoms. The molecule has 26 heavy (non-hydrogen) atoms. The third-order valence-corrected chi connectivity index (χ3v) is 4.13. The third-order valence-electron chi connectivity index (χ3n) is 4.13. The first kappa shape index (κ1) is 19.8. The van der Waals surface area contributed by atoms with Crippen LogP contribution in [0.1, 0.15) is 40.7 Å². The summed E-state index contributed by atoms with van der Waals surface area (Å²) in [7, 11) is 4.09. The molecule has 1 amide bonds. The molecule has 0 atom stereocenters. The maximum atomic E-state index is 12.7. The van der Waals surface area contributed by atoms with Gasteiger partial charge in [-0.3, -0.25) is 4.79 Å². The molecule has 2 rings (SSSR count). The molecule has 0 fully saturated rings. The molecule has 0 unspecified atom stereocenters. The van der Waals surface area contributed by atoms with Gasteiger partial charge in [0, 0.05) is 17.9 Å². The molecule has 1 aromatic carbocycles. The van der Waals surface area contributed by atoms with E-state index in [0.29, 0.717) is 11.6 Å². The van der Waals surface area contributed by atoms with Crippen LogP contribution in [0, 0.1) is 13.8 Å². The van der Waals surface area contributed by atoms with E-state index in [0.717, 1.165) is 48.4 Å². The molecule has 0 radical (unpaired) electrons. The molecule has 2 N–H and O–H groups in total. The van der Waals surface area contributed by atoms with E-state index in [2.05, 4.69) is 32.4 Å². The van der Waals surface area contributed by atoms with Gasteiger partial charge in [0.2, 0.25) is 5.95 Å². The molecule has 1 heterocycles. The molecule has 2 aromatic rings. The van der Waals surface area contributed by atoms with Crippen LogP contribution in [-0.4, -0.2) is 48.0 Å². The van der Waals surface area contributed by atoms with Gasteiger partial charge < -0.3 is 15.5 Å². The van der Waals surface area contributed by atoms with Crippen LogP contribution >= 0.6 is 0 Å². The van der Waals surface area contributed by atoms with Crippen LogP contribution in [0.4, 0.5) is 11.6 Å². The van der Waals surface area contributed by atoms with Crippen LogP contribution in [0.15, 0.2) is 24.3 Å². The minimum atomic E-state index is -0.212. The highest BCUT2D eigenvalue weighted by molar-refractivity contribution is 6.04. The lowest BCUT2D eigenvalue weighted by Crippen LogP contribution is -2.19. The SMILES string of the molecule is CCc1cccc(C)c1NC(=O)c1cc(C)nc(NCCCN(C)C)n1. The number of anilines is 2. The first-order valence-electron chi connectivity index (χ1n) is 9.04. The van der Waals surface area contributed by atoms with Crippen molar-refractivity contribution in [1.29, 1.82) is 0 Å². The fourth-order valence-corrected chi connectivity index (χ4v) is 2.74. The number of hydrogen-bond donors (Lipinski definition) is 2. The first-order valence-corrected chi connectivity index (χ1v) is 9.04. The molecule has 6 nitrogen and oxygen atoms in total. The zero-order chi connectivity index (χ0) is 19.1. The summed E-state index contributed by atoms with van der Waals surface area (Å²) in [6.07, 6.45) is 1.84. The van der Waals surface area contributed by atoms with Crippen LogP contribution in [-0.2, 0) is 6.42 Å². The Morgan fingerprint density at radius 2 is 1.96 bits per heavy atom. The number of rotatable bonds is 8. The van der Waals surface area contributed by atoms with Crippen LogP contribution in [0.2, 0.25) is 0 Å². The van der Waals surface area contributed by atoms with Gasteiger partial charge in [0.05, 0.1) is 0 Å². The summed E-state index contributed by atoms with van der Waals surface area (Å²) in [5.74, 6) is 0.283. The van der Waals surface area contributed by atoms with Gasteiger partial charge in [0.15, 0.2) is 0 Å². The summed E-state index contributed by atoms with van der Waals surface area (Å²) in [6, 6.07) is 7.75. The van der Waals surface area contributed by atoms with Gasteiger partial charge in [0.1, 0.15) is 5.69 Å². The number of para-hydroxylation sites is 1. The van der Waals surface area contributed by atoms with Crippen molar-refractivity contribution in [3.05, 3.63) is 46.8 Å². The Balaban J connectivity index is 2.12. The second kappa shape index (κ2) is 9.29. The summed E-state index contributed by atoms with van der Waals surface area (Å²) in [4.78, 5) is 23.6. The second-order valence-corrected chi connectivity index (χ2v) is 6.72. The average molecular weight is 355 g/mol. The van der Waals surface area contributed by atoms with Crippen molar-refractivity contribution >= 4 is 17.5 Å². The Labute approximate surface area is 156 Å². The second-order valence-electron chi connectivity index (χ2n) is 6.72. The van der Waals surface area contributed by atoms with Crippen molar-refractivity contribution in [2.24, 2.45) is 0 Å². The van der Waals surface area contributed by atoms with Crippen molar-refractivity contribution in [2.45, 2.75) is 33.6 Å². The number of amides is 1. The topological polar surface area (TPSA) is 70.2 Å². The van der Waals surface area contributed by atoms with Crippen molar-refractivity contribution in [3.63, 3.8) is 0 Å². The van der Waals surface area contributed by atoms with Gasteiger partial charge in [-0.05, 0) is 64.5 Å². The Morgan fingerprint density at radius 3 is 2.65 bits per heavy atom. The predicted molar refractivity (Wildman–Crippen MR) is 107 cm³/mol. The van der Waals surface area contributed by atoms with E-state index in [4.69, 9.17) is 0 Å². The van der Waals surface area contributed by atoms with Gasteiger partial charge in [-0.25, -0.2) is 9.97 Å². The monoisotopic (exact) mass is 355 g/mol. The molecule has 0 saturated carbocycles. The number of nitrogens with one attached hydrogen (secondary N) is 2. The average Bonchev–Trinajstić information content (AvgIpc) is 2.59. The Hall–Kier alpha value is -2.47. The number of benzene rings is 1. The molecule has 6 heteroatoms. The molecule has 1 aromatic heterocycles. The smallest absolute Gasteiger partial charge is 0.274 e. The number of carbonyl (C=O) groups excluding carboxylic acids is 1. The normalized spacial score (nSPS) is 10.8. The molecule has 0 saturated heterocycles. The molecular weight excluding hydrogens is 326 g/mol. The largest absolute Gasteiger partial charge is 0.354 e. The Bertz CT molecular complexity index is 758. The van der Waals surface area contributed by atoms with Crippen molar-refractivity contribution in [3.8, 4) is 0 Å². The number of hydrogen-bond acceptors (Lipinski definition) is 5. The van der Waals surface area contributed by atoms with E-state index in [-0.39, 0.29) is 5.91 Å². The van der Waals surface area contributed by atoms with E-state index in [1.807, 2.05) is 46.1 Å². The lowest BCUT2D eigenvalue weighted by Gasteiger charge is -2.14. The van der Waals surface area contributed by atoms with Gasteiger partial charge in [-0.15, -0.1) is 0 Å². The quantitative estimate of drug-likeness (QED) is 0.711. The summed E-state index contributed by atoms with van der Waals surface area (Å²) in [5.41, 5.74) is 4.17. The summed E-state index contributed by atoms with van der Waals surface area (Å²) >= 11 is 0. The van der Waals surface area contributed by atoms with Crippen LogP contribution in [0.5, 0.6) is 0 Å². The van der Waals surface area contributed by atoms with Crippen molar-refractivity contribution in [1.82, 2.24) is 14.9 Å². The lowest BCUT2D eigenvalue weighted by molar-refractivity contribution is 0.102. The highest BCUT2D eigenvalue weighted by Gasteiger charge is 2.14. The maximum Gasteiger partial charge on any atom is 0.274 e. The van der Waals surface area contributed by atoms with E-state index in [1.54, 1.807) is 6.07 Å². The molecule has 0 aliphatic carbocycles. The van der Waals surface area contributed by atoms with E-state index in [9.17, 15) is 4.79 Å². The molecule has 140 valence electrons. The van der Waals surface area contributed by atoms with Gasteiger partial charge in [0.25, 0.3) is 5.91 Å². The standard InChI is InChI=1S/C20H29N5O/c1-6-16-10-7-9-14(2)18(16)24-19(26)17-13-15(3)22-20(23-17)21-11-8-12-25(4)5/h7,9-10,13H,6,8,11-12H2,1-5H3,(H,24,26)(H,21,22,23). The minimum Gasteiger partial charge on any atom is -0.354 e. The number of carbonyl (C=O) groups is 1. The van der Waals surface area contributed by atoms with Gasteiger partial charge in [-0.2, -0.15) is 0 Å². The Kier molecular flexibility index (Phi) is 7.09. The lowest BCUT2D eigenvalue weighted by atomic mass is 10.1. The van der Waals surface area contributed by atoms with Crippen molar-refractivity contribution in [2.75, 3.05) is 37.8 Å². The molecular formula is C20H29N5O. The van der Waals surface area contributed by atoms with Crippen LogP contribution in [0.25, 0.3) is 0 Å². The number of aromatic nitrogens is 2.